The smallest absolute Gasteiger partial charge is 0.256 e. The molecule has 0 spiro atoms. The summed E-state index contributed by atoms with van der Waals surface area (Å²) >= 11 is 1.46. The maximum absolute atomic E-state index is 13.1. The van der Waals surface area contributed by atoms with Gasteiger partial charge in [-0.25, -0.2) is 0 Å². The monoisotopic (exact) mass is 372 g/mol. The van der Waals surface area contributed by atoms with Crippen LogP contribution in [0.4, 0.5) is 13.2 Å². The SMILES string of the molecule is [2H]C(C)(C)c1ccnc(-c2cccc3c2sc2ccc(C(F)(F)F)cc23)c1. The van der Waals surface area contributed by atoms with Gasteiger partial charge in [0.05, 0.1) is 11.3 Å². The van der Waals surface area contributed by atoms with Crippen molar-refractivity contribution in [3.63, 3.8) is 0 Å². The molecule has 0 unspecified atom stereocenters. The summed E-state index contributed by atoms with van der Waals surface area (Å²) in [4.78, 5) is 4.44. The lowest BCUT2D eigenvalue weighted by Crippen LogP contribution is -2.03. The molecule has 0 fully saturated rings. The molecule has 0 amide bonds. The Bertz CT molecular complexity index is 1160. The minimum atomic E-state index is -4.37. The lowest BCUT2D eigenvalue weighted by Gasteiger charge is -2.08. The molecule has 0 saturated heterocycles. The highest BCUT2D eigenvalue weighted by Gasteiger charge is 2.30. The van der Waals surface area contributed by atoms with Gasteiger partial charge >= 0.3 is 6.18 Å². The number of fused-ring (bicyclic) bond motifs is 3. The first-order chi connectivity index (χ1) is 12.6. The predicted molar refractivity (Wildman–Crippen MR) is 102 cm³/mol. The Morgan fingerprint density at radius 3 is 2.58 bits per heavy atom. The van der Waals surface area contributed by atoms with Crippen molar-refractivity contribution in [1.82, 2.24) is 4.98 Å². The van der Waals surface area contributed by atoms with Crippen LogP contribution < -0.4 is 0 Å². The van der Waals surface area contributed by atoms with E-state index in [0.717, 1.165) is 37.7 Å². The largest absolute Gasteiger partial charge is 0.416 e. The molecule has 0 atom stereocenters. The number of rotatable bonds is 2. The molecule has 4 rings (SSSR count). The first-order valence-electron chi connectivity index (χ1n) is 8.64. The van der Waals surface area contributed by atoms with Gasteiger partial charge in [-0.05, 0) is 41.8 Å². The molecular formula is C21H16F3NS. The van der Waals surface area contributed by atoms with E-state index >= 15 is 0 Å². The van der Waals surface area contributed by atoms with Crippen molar-refractivity contribution in [2.45, 2.75) is 25.9 Å². The van der Waals surface area contributed by atoms with Crippen molar-refractivity contribution < 1.29 is 14.5 Å². The number of pyridine rings is 1. The van der Waals surface area contributed by atoms with Gasteiger partial charge in [0.15, 0.2) is 0 Å². The summed E-state index contributed by atoms with van der Waals surface area (Å²) < 4.78 is 49.2. The van der Waals surface area contributed by atoms with E-state index in [1.54, 1.807) is 6.20 Å². The van der Waals surface area contributed by atoms with Gasteiger partial charge in [-0.3, -0.25) is 4.98 Å². The Balaban J connectivity index is 1.96. The van der Waals surface area contributed by atoms with Crippen LogP contribution in [0.1, 0.15) is 32.2 Å². The van der Waals surface area contributed by atoms with Gasteiger partial charge in [0.1, 0.15) is 0 Å². The van der Waals surface area contributed by atoms with Crippen LogP contribution in [0.15, 0.2) is 54.7 Å². The number of alkyl halides is 3. The van der Waals surface area contributed by atoms with Gasteiger partial charge in [0.25, 0.3) is 0 Å². The molecule has 0 aliphatic rings. The van der Waals surface area contributed by atoms with Crippen molar-refractivity contribution >= 4 is 31.5 Å². The Morgan fingerprint density at radius 1 is 1.04 bits per heavy atom. The molecule has 0 aliphatic carbocycles. The highest BCUT2D eigenvalue weighted by atomic mass is 32.1. The number of hydrogen-bond acceptors (Lipinski definition) is 2. The maximum atomic E-state index is 13.1. The lowest BCUT2D eigenvalue weighted by atomic mass is 10.0. The van der Waals surface area contributed by atoms with E-state index in [4.69, 9.17) is 1.37 Å². The first kappa shape index (κ1) is 15.8. The first-order valence-corrected chi connectivity index (χ1v) is 8.95. The van der Waals surface area contributed by atoms with Gasteiger partial charge in [-0.15, -0.1) is 11.3 Å². The molecule has 132 valence electrons. The Hall–Kier alpha value is -2.40. The number of aromatic nitrogens is 1. The minimum Gasteiger partial charge on any atom is -0.256 e. The minimum absolute atomic E-state index is 0.601. The predicted octanol–water partition coefficient (Wildman–Crippen LogP) is 7.26. The van der Waals surface area contributed by atoms with Gasteiger partial charge in [-0.1, -0.05) is 32.0 Å². The molecule has 2 heterocycles. The summed E-state index contributed by atoms with van der Waals surface area (Å²) in [5, 5.41) is 1.39. The molecule has 0 saturated carbocycles. The van der Waals surface area contributed by atoms with Gasteiger partial charge in [0, 0.05) is 33.3 Å². The van der Waals surface area contributed by atoms with Gasteiger partial charge < -0.3 is 0 Å². The number of benzene rings is 2. The molecule has 0 N–H and O–H groups in total. The van der Waals surface area contributed by atoms with Crippen molar-refractivity contribution in [2.75, 3.05) is 0 Å². The summed E-state index contributed by atoms with van der Waals surface area (Å²) in [5.41, 5.74) is 1.79. The van der Waals surface area contributed by atoms with E-state index in [1.807, 2.05) is 44.2 Å². The fraction of sp³-hybridized carbons (Fsp3) is 0.190. The summed E-state index contributed by atoms with van der Waals surface area (Å²) in [6.07, 6.45) is -2.69. The molecule has 2 aromatic heterocycles. The standard InChI is InChI=1S/C21H16F3NS/c1-12(2)13-8-9-25-18(10-13)16-5-3-4-15-17-11-14(21(22,23)24)6-7-19(17)26-20(15)16/h3-12H,1-2H3/i12D. The van der Waals surface area contributed by atoms with Crippen molar-refractivity contribution in [1.29, 1.82) is 0 Å². The zero-order chi connectivity index (χ0) is 19.4. The highest BCUT2D eigenvalue weighted by molar-refractivity contribution is 7.26. The third-order valence-corrected chi connectivity index (χ3v) is 5.66. The summed E-state index contributed by atoms with van der Waals surface area (Å²) in [7, 11) is 0. The van der Waals surface area contributed by atoms with E-state index in [9.17, 15) is 13.2 Å². The molecule has 0 radical (unpaired) electrons. The maximum Gasteiger partial charge on any atom is 0.416 e. The fourth-order valence-electron chi connectivity index (χ4n) is 3.07. The van der Waals surface area contributed by atoms with Crippen LogP contribution in [0.2, 0.25) is 0 Å². The average molecular weight is 372 g/mol. The van der Waals surface area contributed by atoms with Crippen molar-refractivity contribution in [3.8, 4) is 11.3 Å². The quantitative estimate of drug-likeness (QED) is 0.361. The van der Waals surface area contributed by atoms with E-state index in [2.05, 4.69) is 4.98 Å². The van der Waals surface area contributed by atoms with Crippen LogP contribution in [0.3, 0.4) is 0 Å². The second-order valence-electron chi connectivity index (χ2n) is 6.42. The van der Waals surface area contributed by atoms with Crippen LogP contribution in [-0.2, 0) is 6.18 Å². The molecule has 0 bridgehead atoms. The Kier molecular flexibility index (Phi) is 3.71. The molecular weight excluding hydrogens is 355 g/mol. The van der Waals surface area contributed by atoms with Gasteiger partial charge in [-0.2, -0.15) is 13.2 Å². The van der Waals surface area contributed by atoms with Crippen LogP contribution in [0.5, 0.6) is 0 Å². The molecule has 2 aromatic carbocycles. The normalized spacial score (nSPS) is 13.3. The molecule has 1 nitrogen and oxygen atoms in total. The lowest BCUT2D eigenvalue weighted by molar-refractivity contribution is -0.137. The third-order valence-electron chi connectivity index (χ3n) is 4.44. The topological polar surface area (TPSA) is 12.9 Å². The average Bonchev–Trinajstić information content (AvgIpc) is 2.98. The molecule has 26 heavy (non-hydrogen) atoms. The van der Waals surface area contributed by atoms with Crippen molar-refractivity contribution in [3.05, 3.63) is 65.9 Å². The molecule has 5 heteroatoms. The number of thiophene rings is 1. The Morgan fingerprint density at radius 2 is 1.85 bits per heavy atom. The summed E-state index contributed by atoms with van der Waals surface area (Å²) in [6.45, 7) is 3.62. The van der Waals surface area contributed by atoms with Crippen LogP contribution in [-0.4, -0.2) is 4.98 Å². The van der Waals surface area contributed by atoms with Gasteiger partial charge in [0.2, 0.25) is 0 Å². The fourth-order valence-corrected chi connectivity index (χ4v) is 4.27. The summed E-state index contributed by atoms with van der Waals surface area (Å²) in [5.74, 6) is -0.757. The van der Waals surface area contributed by atoms with Crippen LogP contribution >= 0.6 is 11.3 Å². The second-order valence-corrected chi connectivity index (χ2v) is 7.47. The number of halogens is 3. The van der Waals surface area contributed by atoms with E-state index in [1.165, 1.54) is 23.5 Å². The van der Waals surface area contributed by atoms with E-state index < -0.39 is 17.6 Å². The van der Waals surface area contributed by atoms with Crippen molar-refractivity contribution in [2.24, 2.45) is 0 Å². The molecule has 0 aliphatic heterocycles. The zero-order valence-electron chi connectivity index (χ0n) is 15.2. The van der Waals surface area contributed by atoms with E-state index in [-0.39, 0.29) is 0 Å². The Labute approximate surface area is 154 Å². The second kappa shape index (κ2) is 6.09. The zero-order valence-corrected chi connectivity index (χ0v) is 15.0. The highest BCUT2D eigenvalue weighted by Crippen LogP contribution is 2.41. The molecule has 4 aromatic rings. The number of hydrogen-bond donors (Lipinski definition) is 0. The van der Waals surface area contributed by atoms with E-state index in [0.29, 0.717) is 5.39 Å². The number of nitrogens with zero attached hydrogens (tertiary/aromatic N) is 1. The summed E-state index contributed by atoms with van der Waals surface area (Å²) in [6, 6.07) is 13.2. The van der Waals surface area contributed by atoms with Crippen LogP contribution in [0, 0.1) is 0 Å². The third kappa shape index (κ3) is 2.86. The van der Waals surface area contributed by atoms with Crippen LogP contribution in [0.25, 0.3) is 31.4 Å².